The Morgan fingerprint density at radius 2 is 2.18 bits per heavy atom. The van der Waals surface area contributed by atoms with Gasteiger partial charge in [0.1, 0.15) is 6.17 Å². The highest BCUT2D eigenvalue weighted by Crippen LogP contribution is 2.13. The van der Waals surface area contributed by atoms with Crippen LogP contribution >= 0.6 is 0 Å². The minimum absolute atomic E-state index is 0.268. The van der Waals surface area contributed by atoms with Gasteiger partial charge in [-0.25, -0.2) is 0 Å². The van der Waals surface area contributed by atoms with Gasteiger partial charge in [0.05, 0.1) is 5.69 Å². The summed E-state index contributed by atoms with van der Waals surface area (Å²) in [6.07, 6.45) is 1.16. The first kappa shape index (κ1) is 13.0. The molecule has 0 saturated heterocycles. The second-order valence-electron chi connectivity index (χ2n) is 3.95. The van der Waals surface area contributed by atoms with Gasteiger partial charge in [0.15, 0.2) is 5.75 Å². The van der Waals surface area contributed by atoms with E-state index in [0.29, 0.717) is 11.3 Å². The van der Waals surface area contributed by atoms with Gasteiger partial charge in [0.25, 0.3) is 0 Å². The maximum Gasteiger partial charge on any atom is 0.247 e. The van der Waals surface area contributed by atoms with Crippen molar-refractivity contribution in [2.24, 2.45) is 0 Å². The van der Waals surface area contributed by atoms with Crippen molar-refractivity contribution in [2.75, 3.05) is 0 Å². The summed E-state index contributed by atoms with van der Waals surface area (Å²) in [4.78, 5) is 22.6. The van der Waals surface area contributed by atoms with Crippen molar-refractivity contribution in [3.63, 3.8) is 0 Å². The second-order valence-corrected chi connectivity index (χ2v) is 3.95. The van der Waals surface area contributed by atoms with Crippen LogP contribution in [0.4, 0.5) is 0 Å². The van der Waals surface area contributed by atoms with Crippen molar-refractivity contribution in [3.05, 3.63) is 40.3 Å². The number of amides is 1. The van der Waals surface area contributed by atoms with Crippen LogP contribution < -0.4 is 10.7 Å². The molecule has 1 aromatic heterocycles. The minimum atomic E-state index is -0.433. The Bertz CT molecular complexity index is 517. The molecule has 0 spiro atoms. The van der Waals surface area contributed by atoms with E-state index in [4.69, 9.17) is 0 Å². The van der Waals surface area contributed by atoms with E-state index >= 15 is 0 Å². The predicted octanol–water partition coefficient (Wildman–Crippen LogP) is 1.07. The zero-order valence-corrected chi connectivity index (χ0v) is 10.2. The summed E-state index contributed by atoms with van der Waals surface area (Å²) in [7, 11) is 0. The molecule has 0 aliphatic heterocycles. The van der Waals surface area contributed by atoms with Gasteiger partial charge in [-0.1, -0.05) is 6.58 Å². The lowest BCUT2D eigenvalue weighted by Crippen LogP contribution is -2.32. The maximum atomic E-state index is 11.4. The monoisotopic (exact) mass is 236 g/mol. The number of aromatic hydroxyl groups is 1. The van der Waals surface area contributed by atoms with E-state index in [1.54, 1.807) is 25.3 Å². The highest BCUT2D eigenvalue weighted by molar-refractivity contribution is 5.92. The summed E-state index contributed by atoms with van der Waals surface area (Å²) >= 11 is 0. The third-order valence-electron chi connectivity index (χ3n) is 2.49. The van der Waals surface area contributed by atoms with Gasteiger partial charge in [-0.3, -0.25) is 9.59 Å². The molecular weight excluding hydrogens is 220 g/mol. The highest BCUT2D eigenvalue weighted by Gasteiger charge is 2.12. The smallest absolute Gasteiger partial charge is 0.247 e. The van der Waals surface area contributed by atoms with Crippen LogP contribution in [-0.4, -0.2) is 15.6 Å². The molecule has 0 fully saturated rings. The predicted molar refractivity (Wildman–Crippen MR) is 64.8 cm³/mol. The Kier molecular flexibility index (Phi) is 3.73. The normalized spacial score (nSPS) is 11.9. The number of carbonyl (C=O) groups excluding carboxylic acids is 1. The summed E-state index contributed by atoms with van der Waals surface area (Å²) in [6.45, 7) is 8.50. The topological polar surface area (TPSA) is 71.3 Å². The maximum absolute atomic E-state index is 11.4. The molecule has 0 aliphatic carbocycles. The fraction of sp³-hybridized carbons (Fsp3) is 0.333. The van der Waals surface area contributed by atoms with E-state index < -0.39 is 5.43 Å². The number of nitrogens with zero attached hydrogens (tertiary/aromatic N) is 1. The van der Waals surface area contributed by atoms with Gasteiger partial charge in [-0.05, 0) is 20.8 Å². The summed E-state index contributed by atoms with van der Waals surface area (Å²) in [5.74, 6) is -0.570. The van der Waals surface area contributed by atoms with Crippen LogP contribution in [0.1, 0.15) is 25.7 Å². The van der Waals surface area contributed by atoms with Gasteiger partial charge in [0, 0.05) is 17.8 Å². The number of aromatic nitrogens is 1. The zero-order valence-electron chi connectivity index (χ0n) is 10.2. The Morgan fingerprint density at radius 1 is 1.59 bits per heavy atom. The first-order valence-electron chi connectivity index (χ1n) is 5.21. The van der Waals surface area contributed by atoms with Gasteiger partial charge >= 0.3 is 0 Å². The molecule has 0 aliphatic rings. The first-order valence-corrected chi connectivity index (χ1v) is 5.21. The molecule has 5 heteroatoms. The van der Waals surface area contributed by atoms with Crippen molar-refractivity contribution >= 4 is 5.91 Å². The molecule has 0 radical (unpaired) electrons. The standard InChI is InChI=1S/C12H16N2O3/c1-7(2)12(17)13-9(4)14-6-5-10(15)11(16)8(14)3/h5-6,9,16H,1H2,2-4H3,(H,13,17). The quantitative estimate of drug-likeness (QED) is 0.771. The number of pyridine rings is 1. The molecule has 1 atom stereocenters. The summed E-state index contributed by atoms with van der Waals surface area (Å²) < 4.78 is 1.61. The summed E-state index contributed by atoms with van der Waals surface area (Å²) in [5, 5.41) is 12.2. The van der Waals surface area contributed by atoms with Crippen molar-refractivity contribution in [2.45, 2.75) is 26.9 Å². The van der Waals surface area contributed by atoms with Gasteiger partial charge in [0.2, 0.25) is 11.3 Å². The Balaban J connectivity index is 3.02. The molecule has 1 unspecified atom stereocenters. The van der Waals surface area contributed by atoms with Crippen molar-refractivity contribution in [3.8, 4) is 5.75 Å². The lowest BCUT2D eigenvalue weighted by molar-refractivity contribution is -0.118. The lowest BCUT2D eigenvalue weighted by atomic mass is 10.3. The van der Waals surface area contributed by atoms with Crippen LogP contribution in [0.15, 0.2) is 29.2 Å². The molecule has 1 rings (SSSR count). The summed E-state index contributed by atoms with van der Waals surface area (Å²) in [6, 6.07) is 1.26. The molecule has 2 N–H and O–H groups in total. The molecule has 5 nitrogen and oxygen atoms in total. The number of hydrogen-bond acceptors (Lipinski definition) is 3. The Morgan fingerprint density at radius 3 is 2.71 bits per heavy atom. The van der Waals surface area contributed by atoms with Crippen LogP contribution in [0.25, 0.3) is 0 Å². The third kappa shape index (κ3) is 2.75. The Hall–Kier alpha value is -2.04. The summed E-state index contributed by atoms with van der Waals surface area (Å²) in [5.41, 5.74) is 0.379. The minimum Gasteiger partial charge on any atom is -0.503 e. The number of carbonyl (C=O) groups is 1. The van der Waals surface area contributed by atoms with E-state index in [-0.39, 0.29) is 17.8 Å². The van der Waals surface area contributed by atoms with E-state index in [0.717, 1.165) is 0 Å². The highest BCUT2D eigenvalue weighted by atomic mass is 16.3. The zero-order chi connectivity index (χ0) is 13.2. The molecule has 0 aromatic carbocycles. The average molecular weight is 236 g/mol. The van der Waals surface area contributed by atoms with Gasteiger partial charge in [-0.2, -0.15) is 0 Å². The van der Waals surface area contributed by atoms with Gasteiger partial charge < -0.3 is 15.0 Å². The van der Waals surface area contributed by atoms with Crippen molar-refractivity contribution < 1.29 is 9.90 Å². The molecule has 1 amide bonds. The van der Waals surface area contributed by atoms with Gasteiger partial charge in [-0.15, -0.1) is 0 Å². The SMILES string of the molecule is C=C(C)C(=O)NC(C)n1ccc(=O)c(O)c1C. The van der Waals surface area contributed by atoms with Crippen LogP contribution in [0, 0.1) is 6.92 Å². The number of nitrogens with one attached hydrogen (secondary N) is 1. The van der Waals surface area contributed by atoms with Crippen LogP contribution in [0.5, 0.6) is 5.75 Å². The number of rotatable bonds is 3. The van der Waals surface area contributed by atoms with Crippen molar-refractivity contribution in [1.29, 1.82) is 0 Å². The average Bonchev–Trinajstić information content (AvgIpc) is 2.25. The first-order chi connectivity index (χ1) is 7.84. The van der Waals surface area contributed by atoms with Crippen LogP contribution in [0.2, 0.25) is 0 Å². The fourth-order valence-electron chi connectivity index (χ4n) is 1.44. The molecular formula is C12H16N2O3. The van der Waals surface area contributed by atoms with E-state index in [2.05, 4.69) is 11.9 Å². The molecule has 1 aromatic rings. The van der Waals surface area contributed by atoms with E-state index in [9.17, 15) is 14.7 Å². The van der Waals surface area contributed by atoms with Crippen LogP contribution in [-0.2, 0) is 4.79 Å². The molecule has 0 bridgehead atoms. The largest absolute Gasteiger partial charge is 0.503 e. The fourth-order valence-corrected chi connectivity index (χ4v) is 1.44. The molecule has 92 valence electrons. The molecule has 1 heterocycles. The molecule has 17 heavy (non-hydrogen) atoms. The van der Waals surface area contributed by atoms with Crippen molar-refractivity contribution in [1.82, 2.24) is 9.88 Å². The van der Waals surface area contributed by atoms with Crippen LogP contribution in [0.3, 0.4) is 0 Å². The molecule has 0 saturated carbocycles. The van der Waals surface area contributed by atoms with E-state index in [1.165, 1.54) is 12.3 Å². The number of hydrogen-bond donors (Lipinski definition) is 2. The Labute approximate surface area is 99.4 Å². The lowest BCUT2D eigenvalue weighted by Gasteiger charge is -2.20. The second kappa shape index (κ2) is 4.86. The third-order valence-corrected chi connectivity index (χ3v) is 2.49. The van der Waals surface area contributed by atoms with E-state index in [1.807, 2.05) is 0 Å².